The average Bonchev–Trinajstić information content (AvgIpc) is 2.63. The summed E-state index contributed by atoms with van der Waals surface area (Å²) in [6.45, 7) is 4.06. The number of nitrogens with one attached hydrogen (secondary N) is 1. The number of anilines is 2. The van der Waals surface area contributed by atoms with Gasteiger partial charge in [-0.2, -0.15) is 0 Å². The number of aromatic nitrogens is 2. The summed E-state index contributed by atoms with van der Waals surface area (Å²) >= 11 is 0. The van der Waals surface area contributed by atoms with Crippen LogP contribution in [-0.4, -0.2) is 16.0 Å². The van der Waals surface area contributed by atoms with E-state index in [0.29, 0.717) is 11.9 Å². The lowest BCUT2D eigenvalue weighted by Crippen LogP contribution is -2.07. The molecular formula is C9H14N4. The van der Waals surface area contributed by atoms with Crippen molar-refractivity contribution < 1.29 is 0 Å². The van der Waals surface area contributed by atoms with Gasteiger partial charge in [-0.3, -0.25) is 0 Å². The molecule has 1 aromatic heterocycles. The first-order valence-corrected chi connectivity index (χ1v) is 4.53. The van der Waals surface area contributed by atoms with Gasteiger partial charge in [-0.25, -0.2) is 9.97 Å². The van der Waals surface area contributed by atoms with Crippen LogP contribution < -0.4 is 11.1 Å². The van der Waals surface area contributed by atoms with E-state index in [1.165, 1.54) is 6.42 Å². The van der Waals surface area contributed by atoms with Crippen LogP contribution in [0.3, 0.4) is 0 Å². The fourth-order valence-electron chi connectivity index (χ4n) is 1.38. The number of hydrogen-bond donors (Lipinski definition) is 2. The van der Waals surface area contributed by atoms with E-state index in [9.17, 15) is 0 Å². The van der Waals surface area contributed by atoms with Gasteiger partial charge in [0.15, 0.2) is 0 Å². The number of nitrogen functional groups attached to an aromatic ring is 1. The molecule has 0 bridgehead atoms. The zero-order valence-electron chi connectivity index (χ0n) is 7.91. The lowest BCUT2D eigenvalue weighted by atomic mass is 10.4. The van der Waals surface area contributed by atoms with E-state index in [4.69, 9.17) is 5.73 Å². The molecule has 0 aromatic carbocycles. The molecule has 13 heavy (non-hydrogen) atoms. The molecule has 0 radical (unpaired) electrons. The van der Waals surface area contributed by atoms with Crippen LogP contribution in [0.1, 0.15) is 19.2 Å². The minimum absolute atomic E-state index is 0.531. The normalized spacial score (nSPS) is 25.7. The van der Waals surface area contributed by atoms with Gasteiger partial charge in [-0.05, 0) is 19.3 Å². The van der Waals surface area contributed by atoms with Gasteiger partial charge < -0.3 is 11.1 Å². The summed E-state index contributed by atoms with van der Waals surface area (Å²) in [7, 11) is 0. The quantitative estimate of drug-likeness (QED) is 0.714. The Labute approximate surface area is 77.6 Å². The predicted molar refractivity (Wildman–Crippen MR) is 52.4 cm³/mol. The van der Waals surface area contributed by atoms with Gasteiger partial charge in [0.05, 0.1) is 0 Å². The predicted octanol–water partition coefficient (Wildman–Crippen LogP) is 1.19. The highest BCUT2D eigenvalue weighted by atomic mass is 15.1. The molecule has 0 aliphatic heterocycles. The largest absolute Gasteiger partial charge is 0.384 e. The Morgan fingerprint density at radius 2 is 2.23 bits per heavy atom. The molecule has 70 valence electrons. The molecule has 1 aliphatic rings. The number of aryl methyl sites for hydroxylation is 1. The highest BCUT2D eigenvalue weighted by Gasteiger charge is 2.32. The second-order valence-corrected chi connectivity index (χ2v) is 3.69. The molecule has 1 aliphatic carbocycles. The topological polar surface area (TPSA) is 63.8 Å². The fourth-order valence-corrected chi connectivity index (χ4v) is 1.38. The minimum atomic E-state index is 0.531. The van der Waals surface area contributed by atoms with Crippen molar-refractivity contribution in [2.24, 2.45) is 5.92 Å². The number of nitrogens with two attached hydrogens (primary N) is 1. The number of nitrogens with zero attached hydrogens (tertiary/aromatic N) is 2. The lowest BCUT2D eigenvalue weighted by molar-refractivity contribution is 0.918. The van der Waals surface area contributed by atoms with E-state index in [2.05, 4.69) is 22.2 Å². The van der Waals surface area contributed by atoms with Crippen molar-refractivity contribution >= 4 is 11.6 Å². The highest BCUT2D eigenvalue weighted by Crippen LogP contribution is 2.32. The average molecular weight is 178 g/mol. The van der Waals surface area contributed by atoms with Crippen LogP contribution in [0.2, 0.25) is 0 Å². The highest BCUT2D eigenvalue weighted by molar-refractivity contribution is 5.46. The lowest BCUT2D eigenvalue weighted by Gasteiger charge is -2.05. The van der Waals surface area contributed by atoms with Crippen molar-refractivity contribution in [2.45, 2.75) is 26.3 Å². The molecule has 1 heterocycles. The summed E-state index contributed by atoms with van der Waals surface area (Å²) in [5.74, 6) is 2.86. The van der Waals surface area contributed by atoms with Crippen molar-refractivity contribution in [3.63, 3.8) is 0 Å². The van der Waals surface area contributed by atoms with Crippen LogP contribution in [-0.2, 0) is 0 Å². The van der Waals surface area contributed by atoms with E-state index >= 15 is 0 Å². The van der Waals surface area contributed by atoms with Crippen LogP contribution in [0.25, 0.3) is 0 Å². The van der Waals surface area contributed by atoms with E-state index in [1.807, 2.05) is 6.92 Å². The summed E-state index contributed by atoms with van der Waals surface area (Å²) < 4.78 is 0. The van der Waals surface area contributed by atoms with Gasteiger partial charge in [-0.1, -0.05) is 6.92 Å². The van der Waals surface area contributed by atoms with E-state index in [-0.39, 0.29) is 0 Å². The zero-order valence-corrected chi connectivity index (χ0v) is 7.91. The summed E-state index contributed by atoms with van der Waals surface area (Å²) in [5.41, 5.74) is 5.60. The molecule has 0 amide bonds. The molecule has 1 fully saturated rings. The molecule has 2 rings (SSSR count). The second kappa shape index (κ2) is 2.87. The van der Waals surface area contributed by atoms with Crippen molar-refractivity contribution in [1.29, 1.82) is 0 Å². The molecule has 0 saturated heterocycles. The first kappa shape index (κ1) is 8.29. The molecule has 1 saturated carbocycles. The first-order valence-electron chi connectivity index (χ1n) is 4.53. The van der Waals surface area contributed by atoms with Gasteiger partial charge in [-0.15, -0.1) is 0 Å². The third-order valence-electron chi connectivity index (χ3n) is 2.30. The van der Waals surface area contributed by atoms with Crippen LogP contribution >= 0.6 is 0 Å². The van der Waals surface area contributed by atoms with Crippen molar-refractivity contribution in [2.75, 3.05) is 11.1 Å². The Morgan fingerprint density at radius 1 is 1.54 bits per heavy atom. The molecule has 1 aromatic rings. The maximum atomic E-state index is 5.60. The number of rotatable bonds is 2. The molecular weight excluding hydrogens is 164 g/mol. The van der Waals surface area contributed by atoms with Crippen molar-refractivity contribution in [3.05, 3.63) is 11.9 Å². The molecule has 2 atom stereocenters. The summed E-state index contributed by atoms with van der Waals surface area (Å²) in [4.78, 5) is 8.25. The maximum absolute atomic E-state index is 5.60. The molecule has 3 N–H and O–H groups in total. The smallest absolute Gasteiger partial charge is 0.132 e. The fraction of sp³-hybridized carbons (Fsp3) is 0.556. The Kier molecular flexibility index (Phi) is 1.83. The Bertz CT molecular complexity index is 303. The molecule has 4 heteroatoms. The first-order chi connectivity index (χ1) is 6.15. The number of hydrogen-bond acceptors (Lipinski definition) is 4. The van der Waals surface area contributed by atoms with Gasteiger partial charge in [0.25, 0.3) is 0 Å². The summed E-state index contributed by atoms with van der Waals surface area (Å²) in [5, 5.41) is 3.32. The Balaban J connectivity index is 2.11. The standard InChI is InChI=1S/C9H14N4/c1-5-3-7(5)13-9-4-8(10)11-6(2)12-9/h4-5,7H,3H2,1-2H3,(H3,10,11,12,13). The second-order valence-electron chi connectivity index (χ2n) is 3.69. The monoisotopic (exact) mass is 178 g/mol. The SMILES string of the molecule is Cc1nc(N)cc(NC2CC2C)n1. The minimum Gasteiger partial charge on any atom is -0.384 e. The van der Waals surface area contributed by atoms with Crippen molar-refractivity contribution in [3.8, 4) is 0 Å². The van der Waals surface area contributed by atoms with Gasteiger partial charge >= 0.3 is 0 Å². The van der Waals surface area contributed by atoms with Crippen LogP contribution in [0.5, 0.6) is 0 Å². The Hall–Kier alpha value is -1.32. The summed E-state index contributed by atoms with van der Waals surface area (Å²) in [6.07, 6.45) is 1.23. The third kappa shape index (κ3) is 1.88. The zero-order chi connectivity index (χ0) is 9.42. The van der Waals surface area contributed by atoms with Crippen LogP contribution in [0.4, 0.5) is 11.6 Å². The molecule has 0 spiro atoms. The summed E-state index contributed by atoms with van der Waals surface area (Å²) in [6, 6.07) is 2.35. The Morgan fingerprint density at radius 3 is 2.77 bits per heavy atom. The molecule has 2 unspecified atom stereocenters. The van der Waals surface area contributed by atoms with E-state index in [0.717, 1.165) is 17.6 Å². The van der Waals surface area contributed by atoms with E-state index < -0.39 is 0 Å². The van der Waals surface area contributed by atoms with Gasteiger partial charge in [0.1, 0.15) is 17.5 Å². The van der Waals surface area contributed by atoms with E-state index in [1.54, 1.807) is 6.07 Å². The van der Waals surface area contributed by atoms with Crippen LogP contribution in [0.15, 0.2) is 6.07 Å². The van der Waals surface area contributed by atoms with Gasteiger partial charge in [0, 0.05) is 12.1 Å². The third-order valence-corrected chi connectivity index (χ3v) is 2.30. The molecule has 4 nitrogen and oxygen atoms in total. The van der Waals surface area contributed by atoms with Crippen molar-refractivity contribution in [1.82, 2.24) is 9.97 Å². The van der Waals surface area contributed by atoms with Gasteiger partial charge in [0.2, 0.25) is 0 Å². The maximum Gasteiger partial charge on any atom is 0.132 e. The van der Waals surface area contributed by atoms with Crippen LogP contribution in [0, 0.1) is 12.8 Å².